The zero-order valence-corrected chi connectivity index (χ0v) is 32.7. The van der Waals surface area contributed by atoms with Gasteiger partial charge in [-0.1, -0.05) is 83.9 Å². The van der Waals surface area contributed by atoms with Crippen LogP contribution in [0.25, 0.3) is 61.9 Å². The summed E-state index contributed by atoms with van der Waals surface area (Å²) >= 11 is 3.80. The van der Waals surface area contributed by atoms with E-state index in [1.165, 1.54) is 73.0 Å². The van der Waals surface area contributed by atoms with Crippen LogP contribution >= 0.6 is 22.7 Å². The van der Waals surface area contributed by atoms with Gasteiger partial charge in [-0.15, -0.1) is 22.7 Å². The molecule has 11 rings (SSSR count). The molecule has 0 aliphatic rings. The topological polar surface area (TPSA) is 6.48 Å². The standard InChI is InChI=1S/C52H36N2S2/c1-33-13-19-41(20-14-33)53(39-9-5-3-6-10-39)43-23-17-35-27-45-47-31-48-46-28-36-18-24-44(54(40-11-7-4-8-12-40)42-21-15-34(2)16-22-42)26-38(36)30-50(46)56-52(48)32-51(47)55-49(45)29-37(35)25-43/h3-32H,1-2H3. The lowest BCUT2D eigenvalue weighted by Crippen LogP contribution is -2.09. The summed E-state index contributed by atoms with van der Waals surface area (Å²) in [5, 5.41) is 10.3. The Kier molecular flexibility index (Phi) is 7.70. The molecule has 9 aromatic carbocycles. The first-order valence-corrected chi connectivity index (χ1v) is 20.7. The molecule has 0 aliphatic heterocycles. The van der Waals surface area contributed by atoms with E-state index in [0.29, 0.717) is 0 Å². The highest BCUT2D eigenvalue weighted by Gasteiger charge is 2.17. The van der Waals surface area contributed by atoms with Crippen LogP contribution in [0.5, 0.6) is 0 Å². The van der Waals surface area contributed by atoms with Gasteiger partial charge in [-0.2, -0.15) is 0 Å². The van der Waals surface area contributed by atoms with Crippen LogP contribution in [0, 0.1) is 13.8 Å². The minimum atomic E-state index is 1.15. The Bertz CT molecular complexity index is 3030. The Morgan fingerprint density at radius 1 is 0.286 bits per heavy atom. The third kappa shape index (κ3) is 5.61. The maximum atomic E-state index is 2.45. The third-order valence-electron chi connectivity index (χ3n) is 11.1. The molecule has 56 heavy (non-hydrogen) atoms. The van der Waals surface area contributed by atoms with E-state index in [1.807, 2.05) is 22.7 Å². The van der Waals surface area contributed by atoms with Crippen molar-refractivity contribution < 1.29 is 0 Å². The Balaban J connectivity index is 1.00. The van der Waals surface area contributed by atoms with Gasteiger partial charge in [-0.3, -0.25) is 0 Å². The molecule has 266 valence electrons. The lowest BCUT2D eigenvalue weighted by atomic mass is 10.0. The van der Waals surface area contributed by atoms with Crippen molar-refractivity contribution in [2.24, 2.45) is 0 Å². The van der Waals surface area contributed by atoms with E-state index in [-0.39, 0.29) is 0 Å². The van der Waals surface area contributed by atoms with Crippen LogP contribution in [0.1, 0.15) is 11.1 Å². The smallest absolute Gasteiger partial charge is 0.0468 e. The number of thiophene rings is 2. The van der Waals surface area contributed by atoms with Gasteiger partial charge in [0.1, 0.15) is 0 Å². The normalized spacial score (nSPS) is 11.8. The summed E-state index contributed by atoms with van der Waals surface area (Å²) in [5.41, 5.74) is 9.43. The number of anilines is 6. The Morgan fingerprint density at radius 2 is 0.643 bits per heavy atom. The maximum absolute atomic E-state index is 2.45. The summed E-state index contributed by atoms with van der Waals surface area (Å²) in [6.45, 7) is 4.28. The molecule has 0 spiro atoms. The van der Waals surface area contributed by atoms with E-state index >= 15 is 0 Å². The number of hydrogen-bond acceptors (Lipinski definition) is 4. The monoisotopic (exact) mass is 752 g/mol. The largest absolute Gasteiger partial charge is 0.310 e. The van der Waals surface area contributed by atoms with Crippen molar-refractivity contribution >= 4 is 119 Å². The van der Waals surface area contributed by atoms with Crippen LogP contribution in [-0.2, 0) is 0 Å². The molecule has 0 bridgehead atoms. The summed E-state index contributed by atoms with van der Waals surface area (Å²) < 4.78 is 5.32. The first-order valence-electron chi connectivity index (χ1n) is 19.1. The van der Waals surface area contributed by atoms with Crippen LogP contribution in [0.4, 0.5) is 34.1 Å². The highest BCUT2D eigenvalue weighted by atomic mass is 32.1. The van der Waals surface area contributed by atoms with Crippen LogP contribution in [0.3, 0.4) is 0 Å². The summed E-state index contributed by atoms with van der Waals surface area (Å²) in [4.78, 5) is 4.70. The second-order valence-electron chi connectivity index (χ2n) is 14.8. The second-order valence-corrected chi connectivity index (χ2v) is 17.0. The minimum absolute atomic E-state index is 1.15. The van der Waals surface area contributed by atoms with Gasteiger partial charge in [-0.05, 0) is 145 Å². The molecule has 0 N–H and O–H groups in total. The number of para-hydroxylation sites is 2. The van der Waals surface area contributed by atoms with Gasteiger partial charge in [0.05, 0.1) is 0 Å². The highest BCUT2D eigenvalue weighted by molar-refractivity contribution is 7.28. The Hall–Kier alpha value is -6.46. The molecule has 11 aromatic rings. The molecular formula is C52H36N2S2. The first kappa shape index (κ1) is 32.9. The fraction of sp³-hybridized carbons (Fsp3) is 0.0385. The van der Waals surface area contributed by atoms with E-state index in [4.69, 9.17) is 0 Å². The van der Waals surface area contributed by atoms with Crippen molar-refractivity contribution in [3.8, 4) is 0 Å². The van der Waals surface area contributed by atoms with Crippen molar-refractivity contribution in [2.45, 2.75) is 13.8 Å². The van der Waals surface area contributed by atoms with Crippen molar-refractivity contribution in [1.29, 1.82) is 0 Å². The summed E-state index contributed by atoms with van der Waals surface area (Å²) in [7, 11) is 0. The summed E-state index contributed by atoms with van der Waals surface area (Å²) in [5.74, 6) is 0. The molecule has 0 fully saturated rings. The quantitative estimate of drug-likeness (QED) is 0.167. The average molecular weight is 753 g/mol. The number of fused-ring (bicyclic) bond motifs is 8. The van der Waals surface area contributed by atoms with E-state index in [9.17, 15) is 0 Å². The molecule has 4 heteroatoms. The molecule has 0 aliphatic carbocycles. The number of benzene rings is 9. The predicted octanol–water partition coefficient (Wildman–Crippen LogP) is 16.3. The lowest BCUT2D eigenvalue weighted by molar-refractivity contribution is 1.28. The minimum Gasteiger partial charge on any atom is -0.310 e. The Labute approximate surface area is 333 Å². The molecule has 0 radical (unpaired) electrons. The van der Waals surface area contributed by atoms with Crippen molar-refractivity contribution in [1.82, 2.24) is 0 Å². The van der Waals surface area contributed by atoms with Gasteiger partial charge in [0.25, 0.3) is 0 Å². The van der Waals surface area contributed by atoms with Gasteiger partial charge in [0.2, 0.25) is 0 Å². The number of rotatable bonds is 6. The van der Waals surface area contributed by atoms with E-state index < -0.39 is 0 Å². The number of nitrogens with zero attached hydrogens (tertiary/aromatic N) is 2. The van der Waals surface area contributed by atoms with Crippen LogP contribution in [-0.4, -0.2) is 0 Å². The second kappa shape index (κ2) is 13.1. The first-order chi connectivity index (χ1) is 27.5. The molecule has 0 unspecified atom stereocenters. The van der Waals surface area contributed by atoms with E-state index in [1.54, 1.807) is 0 Å². The van der Waals surface area contributed by atoms with E-state index in [2.05, 4.69) is 206 Å². The number of aryl methyl sites for hydroxylation is 2. The van der Waals surface area contributed by atoms with Crippen LogP contribution in [0.2, 0.25) is 0 Å². The summed E-state index contributed by atoms with van der Waals surface area (Å²) in [6, 6.07) is 67.1. The molecule has 2 heterocycles. The Morgan fingerprint density at radius 3 is 1.07 bits per heavy atom. The third-order valence-corrected chi connectivity index (χ3v) is 13.3. The SMILES string of the molecule is Cc1ccc(N(c2ccccc2)c2ccc3cc4c(cc3c2)sc2cc3sc5cc6cc(N(c7ccccc7)c7ccc(C)cc7)ccc6cc5c3cc24)cc1. The lowest BCUT2D eigenvalue weighted by Gasteiger charge is -2.26. The maximum Gasteiger partial charge on any atom is 0.0468 e. The molecule has 0 amide bonds. The van der Waals surface area contributed by atoms with Gasteiger partial charge in [-0.25, -0.2) is 0 Å². The van der Waals surface area contributed by atoms with Gasteiger partial charge in [0.15, 0.2) is 0 Å². The highest BCUT2D eigenvalue weighted by Crippen LogP contribution is 2.45. The van der Waals surface area contributed by atoms with Gasteiger partial charge in [0, 0.05) is 74.5 Å². The zero-order valence-electron chi connectivity index (χ0n) is 31.0. The molecule has 0 atom stereocenters. The van der Waals surface area contributed by atoms with Crippen molar-refractivity contribution in [2.75, 3.05) is 9.80 Å². The van der Waals surface area contributed by atoms with Gasteiger partial charge >= 0.3 is 0 Å². The fourth-order valence-electron chi connectivity index (χ4n) is 8.22. The van der Waals surface area contributed by atoms with Crippen LogP contribution in [0.15, 0.2) is 182 Å². The van der Waals surface area contributed by atoms with Gasteiger partial charge < -0.3 is 9.80 Å². The zero-order chi connectivity index (χ0) is 37.3. The van der Waals surface area contributed by atoms with Crippen LogP contribution < -0.4 is 9.80 Å². The predicted molar refractivity (Wildman–Crippen MR) is 246 cm³/mol. The number of hydrogen-bond donors (Lipinski definition) is 0. The molecule has 0 saturated carbocycles. The molecule has 2 aromatic heterocycles. The summed E-state index contributed by atoms with van der Waals surface area (Å²) in [6.07, 6.45) is 0. The average Bonchev–Trinajstić information content (AvgIpc) is 3.76. The molecular weight excluding hydrogens is 717 g/mol. The molecule has 0 saturated heterocycles. The molecule has 2 nitrogen and oxygen atoms in total. The van der Waals surface area contributed by atoms with Crippen molar-refractivity contribution in [3.63, 3.8) is 0 Å². The van der Waals surface area contributed by atoms with Crippen molar-refractivity contribution in [3.05, 3.63) is 193 Å². The fourth-order valence-corrected chi connectivity index (χ4v) is 10.6. The van der Waals surface area contributed by atoms with E-state index in [0.717, 1.165) is 34.1 Å².